The smallest absolute Gasteiger partial charge is 0.315 e. The second-order valence-corrected chi connectivity index (χ2v) is 4.59. The Balaban J connectivity index is 1.89. The van der Waals surface area contributed by atoms with Crippen LogP contribution >= 0.6 is 0 Å². The van der Waals surface area contributed by atoms with Crippen LogP contribution in [0.3, 0.4) is 0 Å². The van der Waals surface area contributed by atoms with Crippen molar-refractivity contribution in [2.24, 2.45) is 0 Å². The molecule has 9 nitrogen and oxygen atoms in total. The number of hydrogen-bond donors (Lipinski definition) is 4. The number of urea groups is 1. The molecule has 2 atom stereocenters. The van der Waals surface area contributed by atoms with Crippen LogP contribution in [0.2, 0.25) is 0 Å². The van der Waals surface area contributed by atoms with Gasteiger partial charge in [0.05, 0.1) is 19.8 Å². The molecule has 0 spiro atoms. The van der Waals surface area contributed by atoms with Gasteiger partial charge in [-0.3, -0.25) is 9.59 Å². The van der Waals surface area contributed by atoms with Crippen molar-refractivity contribution >= 4 is 17.8 Å². The molecule has 20 heavy (non-hydrogen) atoms. The van der Waals surface area contributed by atoms with Crippen molar-refractivity contribution < 1.29 is 24.2 Å². The lowest BCUT2D eigenvalue weighted by Crippen LogP contribution is -2.56. The number of morpholine rings is 1. The zero-order valence-electron chi connectivity index (χ0n) is 10.9. The number of aliphatic hydroxyl groups is 1. The number of rotatable bonds is 4. The van der Waals surface area contributed by atoms with Crippen molar-refractivity contribution in [3.05, 3.63) is 0 Å². The molecular formula is C11H18N4O5. The van der Waals surface area contributed by atoms with E-state index in [1.807, 2.05) is 0 Å². The summed E-state index contributed by atoms with van der Waals surface area (Å²) in [5.41, 5.74) is 0. The first-order chi connectivity index (χ1) is 9.61. The summed E-state index contributed by atoms with van der Waals surface area (Å²) >= 11 is 0. The number of amides is 4. The molecule has 2 aliphatic rings. The van der Waals surface area contributed by atoms with Gasteiger partial charge in [0.25, 0.3) is 0 Å². The molecule has 112 valence electrons. The molecule has 1 unspecified atom stereocenters. The van der Waals surface area contributed by atoms with Crippen LogP contribution in [0.15, 0.2) is 0 Å². The third-order valence-electron chi connectivity index (χ3n) is 3.21. The average molecular weight is 286 g/mol. The van der Waals surface area contributed by atoms with E-state index in [-0.39, 0.29) is 12.5 Å². The summed E-state index contributed by atoms with van der Waals surface area (Å²) in [6.07, 6.45) is 0. The van der Waals surface area contributed by atoms with Crippen LogP contribution in [-0.4, -0.2) is 79.4 Å². The highest BCUT2D eigenvalue weighted by atomic mass is 16.5. The number of aliphatic hydroxyl groups excluding tert-OH is 1. The second-order valence-electron chi connectivity index (χ2n) is 4.59. The molecular weight excluding hydrogens is 268 g/mol. The normalized spacial score (nSPS) is 23.8. The Morgan fingerprint density at radius 3 is 2.70 bits per heavy atom. The molecule has 0 aromatic heterocycles. The Hall–Kier alpha value is -1.87. The molecule has 0 aromatic carbocycles. The minimum absolute atomic E-state index is 0.161. The summed E-state index contributed by atoms with van der Waals surface area (Å²) in [6.45, 7) is 1.44. The molecule has 0 saturated carbocycles. The van der Waals surface area contributed by atoms with Gasteiger partial charge in [0, 0.05) is 19.6 Å². The lowest BCUT2D eigenvalue weighted by atomic mass is 10.2. The van der Waals surface area contributed by atoms with E-state index in [1.165, 1.54) is 4.90 Å². The van der Waals surface area contributed by atoms with Crippen molar-refractivity contribution in [1.29, 1.82) is 0 Å². The van der Waals surface area contributed by atoms with Crippen molar-refractivity contribution in [3.8, 4) is 0 Å². The highest BCUT2D eigenvalue weighted by Crippen LogP contribution is 2.01. The van der Waals surface area contributed by atoms with Gasteiger partial charge in [-0.15, -0.1) is 0 Å². The fraction of sp³-hybridized carbons (Fsp3) is 0.727. The van der Waals surface area contributed by atoms with Crippen LogP contribution in [0, 0.1) is 0 Å². The van der Waals surface area contributed by atoms with Crippen LogP contribution in [0.5, 0.6) is 0 Å². The molecule has 2 aliphatic heterocycles. The van der Waals surface area contributed by atoms with E-state index in [1.54, 1.807) is 0 Å². The standard InChI is InChI=1S/C11H18N4O5/c16-6-8(10(18)15-1-3-20-4-2-15)13-9(17)7-5-12-11(19)14-7/h7-8,16H,1-6H2,(H,13,17)(H2,12,14,19)/t7?,8-/m0/s1. The molecule has 2 saturated heterocycles. The number of carbonyl (C=O) groups excluding carboxylic acids is 3. The maximum absolute atomic E-state index is 12.1. The van der Waals surface area contributed by atoms with Crippen molar-refractivity contribution in [1.82, 2.24) is 20.9 Å². The molecule has 0 radical (unpaired) electrons. The predicted molar refractivity (Wildman–Crippen MR) is 66.7 cm³/mol. The summed E-state index contributed by atoms with van der Waals surface area (Å²) in [7, 11) is 0. The van der Waals surface area contributed by atoms with Gasteiger partial charge in [-0.2, -0.15) is 0 Å². The number of nitrogens with one attached hydrogen (secondary N) is 3. The Labute approximate surface area is 115 Å². The highest BCUT2D eigenvalue weighted by molar-refractivity contribution is 5.93. The Morgan fingerprint density at radius 2 is 2.15 bits per heavy atom. The van der Waals surface area contributed by atoms with E-state index in [4.69, 9.17) is 4.74 Å². The van der Waals surface area contributed by atoms with Gasteiger partial charge in [-0.05, 0) is 0 Å². The molecule has 2 fully saturated rings. The van der Waals surface area contributed by atoms with Crippen molar-refractivity contribution in [2.75, 3.05) is 39.5 Å². The van der Waals surface area contributed by atoms with Gasteiger partial charge in [0.1, 0.15) is 12.1 Å². The molecule has 9 heteroatoms. The van der Waals surface area contributed by atoms with E-state index >= 15 is 0 Å². The number of carbonyl (C=O) groups is 3. The molecule has 4 N–H and O–H groups in total. The maximum atomic E-state index is 12.1. The lowest BCUT2D eigenvalue weighted by Gasteiger charge is -2.30. The summed E-state index contributed by atoms with van der Waals surface area (Å²) in [5.74, 6) is -0.842. The molecule has 0 bridgehead atoms. The lowest BCUT2D eigenvalue weighted by molar-refractivity contribution is -0.141. The Kier molecular flexibility index (Phi) is 4.74. The van der Waals surface area contributed by atoms with Gasteiger partial charge >= 0.3 is 6.03 Å². The Bertz CT molecular complexity index is 396. The number of hydrogen-bond acceptors (Lipinski definition) is 5. The topological polar surface area (TPSA) is 120 Å². The van der Waals surface area contributed by atoms with Crippen LogP contribution in [-0.2, 0) is 14.3 Å². The van der Waals surface area contributed by atoms with Gasteiger partial charge < -0.3 is 30.7 Å². The van der Waals surface area contributed by atoms with E-state index in [9.17, 15) is 19.5 Å². The first kappa shape index (κ1) is 14.5. The SMILES string of the molecule is O=C1NCC(C(=O)N[C@@H](CO)C(=O)N2CCOCC2)N1. The van der Waals surface area contributed by atoms with Gasteiger partial charge in [0.15, 0.2) is 0 Å². The molecule has 0 aromatic rings. The summed E-state index contributed by atoms with van der Waals surface area (Å²) in [4.78, 5) is 36.5. The first-order valence-electron chi connectivity index (χ1n) is 6.44. The largest absolute Gasteiger partial charge is 0.394 e. The van der Waals surface area contributed by atoms with E-state index < -0.39 is 30.6 Å². The monoisotopic (exact) mass is 286 g/mol. The third kappa shape index (κ3) is 3.36. The minimum Gasteiger partial charge on any atom is -0.394 e. The summed E-state index contributed by atoms with van der Waals surface area (Å²) in [5, 5.41) is 16.6. The minimum atomic E-state index is -1.00. The fourth-order valence-electron chi connectivity index (χ4n) is 2.08. The summed E-state index contributed by atoms with van der Waals surface area (Å²) in [6, 6.07) is -2.16. The van der Waals surface area contributed by atoms with E-state index in [0.717, 1.165) is 0 Å². The number of nitrogens with zero attached hydrogens (tertiary/aromatic N) is 1. The van der Waals surface area contributed by atoms with Crippen molar-refractivity contribution in [2.45, 2.75) is 12.1 Å². The molecule has 4 amide bonds. The molecule has 2 heterocycles. The Morgan fingerprint density at radius 1 is 1.45 bits per heavy atom. The number of ether oxygens (including phenoxy) is 1. The highest BCUT2D eigenvalue weighted by Gasteiger charge is 2.31. The quantitative estimate of drug-likeness (QED) is 0.439. The van der Waals surface area contributed by atoms with Crippen LogP contribution in [0.1, 0.15) is 0 Å². The van der Waals surface area contributed by atoms with Gasteiger partial charge in [-0.1, -0.05) is 0 Å². The predicted octanol–water partition coefficient (Wildman–Crippen LogP) is -3.00. The second kappa shape index (κ2) is 6.53. The van der Waals surface area contributed by atoms with E-state index in [2.05, 4.69) is 16.0 Å². The average Bonchev–Trinajstić information content (AvgIpc) is 2.91. The van der Waals surface area contributed by atoms with Gasteiger partial charge in [-0.25, -0.2) is 4.79 Å². The van der Waals surface area contributed by atoms with E-state index in [0.29, 0.717) is 26.3 Å². The van der Waals surface area contributed by atoms with Crippen LogP contribution < -0.4 is 16.0 Å². The fourth-order valence-corrected chi connectivity index (χ4v) is 2.08. The van der Waals surface area contributed by atoms with Crippen LogP contribution in [0.25, 0.3) is 0 Å². The third-order valence-corrected chi connectivity index (χ3v) is 3.21. The summed E-state index contributed by atoms with van der Waals surface area (Å²) < 4.78 is 5.14. The van der Waals surface area contributed by atoms with Gasteiger partial charge in [0.2, 0.25) is 11.8 Å². The zero-order chi connectivity index (χ0) is 14.5. The van der Waals surface area contributed by atoms with Crippen molar-refractivity contribution in [3.63, 3.8) is 0 Å². The first-order valence-corrected chi connectivity index (χ1v) is 6.44. The maximum Gasteiger partial charge on any atom is 0.315 e. The molecule has 2 rings (SSSR count). The van der Waals surface area contributed by atoms with Crippen LogP contribution in [0.4, 0.5) is 4.79 Å². The molecule has 0 aliphatic carbocycles. The zero-order valence-corrected chi connectivity index (χ0v) is 10.9.